The number of aromatic nitrogens is 2. The van der Waals surface area contributed by atoms with Crippen LogP contribution in [0, 0.1) is 0 Å². The summed E-state index contributed by atoms with van der Waals surface area (Å²) in [5.41, 5.74) is 0. The van der Waals surface area contributed by atoms with Crippen molar-refractivity contribution in [2.75, 3.05) is 37.3 Å². The molecule has 1 aromatic rings. The molecule has 1 aromatic heterocycles. The van der Waals surface area contributed by atoms with Gasteiger partial charge in [-0.15, -0.1) is 10.2 Å². The molecule has 1 N–H and O–H groups in total. The van der Waals surface area contributed by atoms with Crippen molar-refractivity contribution in [2.45, 2.75) is 17.3 Å². The van der Waals surface area contributed by atoms with Gasteiger partial charge in [0.05, 0.1) is 5.75 Å². The Balaban J connectivity index is 1.95. The van der Waals surface area contributed by atoms with Crippen LogP contribution in [0.5, 0.6) is 0 Å². The van der Waals surface area contributed by atoms with Gasteiger partial charge in [-0.1, -0.05) is 23.1 Å². The number of carboxylic acid groups (broad SMARTS) is 1. The first kappa shape index (κ1) is 13.6. The molecule has 8 heteroatoms. The molecule has 0 aliphatic carbocycles. The normalized spacial score (nSPS) is 21.2. The zero-order valence-corrected chi connectivity index (χ0v) is 12.0. The average molecular weight is 288 g/mol. The van der Waals surface area contributed by atoms with E-state index in [4.69, 9.17) is 5.11 Å². The fourth-order valence-electron chi connectivity index (χ4n) is 1.73. The Bertz CT molecular complexity index is 426. The summed E-state index contributed by atoms with van der Waals surface area (Å²) >= 11 is 2.69. The lowest BCUT2D eigenvalue weighted by atomic mass is 10.2. The van der Waals surface area contributed by atoms with Crippen molar-refractivity contribution in [3.05, 3.63) is 0 Å². The highest BCUT2D eigenvalue weighted by atomic mass is 32.2. The summed E-state index contributed by atoms with van der Waals surface area (Å²) < 4.78 is 0.721. The van der Waals surface area contributed by atoms with Crippen molar-refractivity contribution in [3.8, 4) is 0 Å². The second kappa shape index (κ2) is 5.85. The van der Waals surface area contributed by atoms with Crippen LogP contribution in [-0.4, -0.2) is 64.6 Å². The van der Waals surface area contributed by atoms with Crippen LogP contribution in [0.1, 0.15) is 6.92 Å². The molecule has 1 aliphatic rings. The molecular formula is C10H16N4O2S2. The molecule has 100 valence electrons. The van der Waals surface area contributed by atoms with E-state index in [2.05, 4.69) is 34.0 Å². The monoisotopic (exact) mass is 288 g/mol. The lowest BCUT2D eigenvalue weighted by molar-refractivity contribution is -0.133. The van der Waals surface area contributed by atoms with Crippen LogP contribution in [0.15, 0.2) is 4.34 Å². The number of anilines is 1. The number of hydrogen-bond acceptors (Lipinski definition) is 7. The van der Waals surface area contributed by atoms with Crippen LogP contribution in [0.3, 0.4) is 0 Å². The highest BCUT2D eigenvalue weighted by Gasteiger charge is 2.23. The van der Waals surface area contributed by atoms with Crippen LogP contribution in [0.4, 0.5) is 5.13 Å². The molecule has 0 saturated carbocycles. The molecule has 1 unspecified atom stereocenters. The van der Waals surface area contributed by atoms with E-state index in [1.54, 1.807) is 0 Å². The second-order valence-electron chi connectivity index (χ2n) is 4.31. The molecule has 2 rings (SSSR count). The smallest absolute Gasteiger partial charge is 0.313 e. The Morgan fingerprint density at radius 3 is 3.00 bits per heavy atom. The Morgan fingerprint density at radius 2 is 2.33 bits per heavy atom. The first-order valence-corrected chi connectivity index (χ1v) is 7.49. The van der Waals surface area contributed by atoms with Gasteiger partial charge >= 0.3 is 5.97 Å². The zero-order chi connectivity index (χ0) is 13.1. The van der Waals surface area contributed by atoms with Crippen molar-refractivity contribution in [1.29, 1.82) is 0 Å². The van der Waals surface area contributed by atoms with Gasteiger partial charge in [0.25, 0.3) is 0 Å². The molecular weight excluding hydrogens is 272 g/mol. The van der Waals surface area contributed by atoms with Crippen molar-refractivity contribution in [3.63, 3.8) is 0 Å². The number of nitrogens with zero attached hydrogens (tertiary/aromatic N) is 4. The van der Waals surface area contributed by atoms with Crippen LogP contribution in [0.2, 0.25) is 0 Å². The Labute approximate surface area is 114 Å². The number of rotatable bonds is 4. The third-order valence-electron chi connectivity index (χ3n) is 2.95. The van der Waals surface area contributed by atoms with Crippen molar-refractivity contribution < 1.29 is 9.90 Å². The summed E-state index contributed by atoms with van der Waals surface area (Å²) in [6.45, 7) is 5.08. The molecule has 0 bridgehead atoms. The maximum Gasteiger partial charge on any atom is 0.313 e. The van der Waals surface area contributed by atoms with Gasteiger partial charge in [-0.3, -0.25) is 4.79 Å². The third-order valence-corrected chi connectivity index (χ3v) is 5.05. The number of carbonyl (C=O) groups is 1. The summed E-state index contributed by atoms with van der Waals surface area (Å²) in [5.74, 6) is -0.793. The maximum absolute atomic E-state index is 10.5. The van der Waals surface area contributed by atoms with E-state index in [-0.39, 0.29) is 5.75 Å². The molecule has 6 nitrogen and oxygen atoms in total. The van der Waals surface area contributed by atoms with Gasteiger partial charge in [-0.2, -0.15) is 0 Å². The number of aliphatic carboxylic acids is 1. The minimum absolute atomic E-state index is 0.0355. The molecule has 1 fully saturated rings. The molecule has 1 saturated heterocycles. The first-order valence-electron chi connectivity index (χ1n) is 5.69. The van der Waals surface area contributed by atoms with E-state index in [9.17, 15) is 4.79 Å². The van der Waals surface area contributed by atoms with Gasteiger partial charge in [-0.25, -0.2) is 0 Å². The van der Waals surface area contributed by atoms with E-state index >= 15 is 0 Å². The van der Waals surface area contributed by atoms with Gasteiger partial charge in [0.2, 0.25) is 5.13 Å². The minimum atomic E-state index is -0.829. The minimum Gasteiger partial charge on any atom is -0.481 e. The quantitative estimate of drug-likeness (QED) is 0.824. The van der Waals surface area contributed by atoms with Crippen molar-refractivity contribution in [2.24, 2.45) is 0 Å². The summed E-state index contributed by atoms with van der Waals surface area (Å²) in [5, 5.41) is 17.7. The van der Waals surface area contributed by atoms with E-state index in [0.717, 1.165) is 29.1 Å². The number of hydrogen-bond donors (Lipinski definition) is 1. The van der Waals surface area contributed by atoms with E-state index in [1.807, 2.05) is 0 Å². The molecule has 2 heterocycles. The predicted molar refractivity (Wildman–Crippen MR) is 72.6 cm³/mol. The SMILES string of the molecule is CC1CN(c2nnc(SCC(=O)O)s2)CCN1C. The molecule has 1 atom stereocenters. The first-order chi connectivity index (χ1) is 8.56. The molecule has 1 aliphatic heterocycles. The summed E-state index contributed by atoms with van der Waals surface area (Å²) in [6, 6.07) is 0.498. The van der Waals surface area contributed by atoms with E-state index < -0.39 is 5.97 Å². The summed E-state index contributed by atoms with van der Waals surface area (Å²) in [7, 11) is 2.12. The fraction of sp³-hybridized carbons (Fsp3) is 0.700. The molecule has 0 radical (unpaired) electrons. The highest BCUT2D eigenvalue weighted by Crippen LogP contribution is 2.28. The number of likely N-dealkylation sites (N-methyl/N-ethyl adjacent to an activating group) is 1. The Morgan fingerprint density at radius 1 is 1.56 bits per heavy atom. The Kier molecular flexibility index (Phi) is 4.41. The van der Waals surface area contributed by atoms with Crippen molar-refractivity contribution in [1.82, 2.24) is 15.1 Å². The molecule has 18 heavy (non-hydrogen) atoms. The van der Waals surface area contributed by atoms with Gasteiger partial charge in [0, 0.05) is 25.7 Å². The average Bonchev–Trinajstić information content (AvgIpc) is 2.79. The number of thioether (sulfide) groups is 1. The highest BCUT2D eigenvalue weighted by molar-refractivity contribution is 8.01. The lowest BCUT2D eigenvalue weighted by Gasteiger charge is -2.37. The van der Waals surface area contributed by atoms with Gasteiger partial charge in [0.1, 0.15) is 0 Å². The predicted octanol–water partition coefficient (Wildman–Crippen LogP) is 0.855. The Hall–Kier alpha value is -0.860. The van der Waals surface area contributed by atoms with Gasteiger partial charge < -0.3 is 14.9 Å². The van der Waals surface area contributed by atoms with E-state index in [1.165, 1.54) is 23.1 Å². The largest absolute Gasteiger partial charge is 0.481 e. The van der Waals surface area contributed by atoms with Gasteiger partial charge in [0.15, 0.2) is 4.34 Å². The maximum atomic E-state index is 10.5. The van der Waals surface area contributed by atoms with Crippen LogP contribution in [0.25, 0.3) is 0 Å². The summed E-state index contributed by atoms with van der Waals surface area (Å²) in [6.07, 6.45) is 0. The number of piperazine rings is 1. The lowest BCUT2D eigenvalue weighted by Crippen LogP contribution is -2.50. The van der Waals surface area contributed by atoms with Crippen LogP contribution < -0.4 is 4.90 Å². The molecule has 0 amide bonds. The topological polar surface area (TPSA) is 69.6 Å². The number of carboxylic acids is 1. The van der Waals surface area contributed by atoms with Crippen LogP contribution in [-0.2, 0) is 4.79 Å². The van der Waals surface area contributed by atoms with Gasteiger partial charge in [-0.05, 0) is 14.0 Å². The summed E-state index contributed by atoms with van der Waals surface area (Å²) in [4.78, 5) is 15.0. The second-order valence-corrected chi connectivity index (χ2v) is 6.49. The third kappa shape index (κ3) is 3.33. The standard InChI is InChI=1S/C10H16N4O2S2/c1-7-5-14(4-3-13(7)2)9-11-12-10(18-9)17-6-8(15)16/h7H,3-6H2,1-2H3,(H,15,16). The molecule has 0 aromatic carbocycles. The van der Waals surface area contributed by atoms with Crippen molar-refractivity contribution >= 4 is 34.2 Å². The van der Waals surface area contributed by atoms with Crippen LogP contribution >= 0.6 is 23.1 Å². The fourth-order valence-corrected chi connectivity index (χ4v) is 3.33. The zero-order valence-electron chi connectivity index (χ0n) is 10.4. The van der Waals surface area contributed by atoms with E-state index in [0.29, 0.717) is 6.04 Å². The molecule has 0 spiro atoms.